The van der Waals surface area contributed by atoms with Crippen LogP contribution in [0.5, 0.6) is 11.5 Å². The predicted octanol–water partition coefficient (Wildman–Crippen LogP) is 4.88. The number of nitrogens with one attached hydrogen (secondary N) is 2. The number of Topliss-reactive ketones (excluding diaryl/α,β-unsaturated/α-hetero) is 1. The van der Waals surface area contributed by atoms with Crippen LogP contribution in [0.2, 0.25) is 0 Å². The molecule has 0 saturated carbocycles. The minimum Gasteiger partial charge on any atom is -0.497 e. The minimum absolute atomic E-state index is 0.0440. The highest BCUT2D eigenvalue weighted by Crippen LogP contribution is 2.28. The van der Waals surface area contributed by atoms with Crippen LogP contribution in [0.4, 0.5) is 0 Å². The smallest absolute Gasteiger partial charge is 0.252 e. The largest absolute Gasteiger partial charge is 0.497 e. The lowest BCUT2D eigenvalue weighted by Gasteiger charge is -2.33. The lowest BCUT2D eigenvalue weighted by atomic mass is 9.89. The number of carbonyl (C=O) groups is 3. The Hall–Kier alpha value is -3.65. The number of methoxy groups -OCH3 is 1. The van der Waals surface area contributed by atoms with Gasteiger partial charge in [0.2, 0.25) is 5.91 Å². The Kier molecular flexibility index (Phi) is 12.0. The van der Waals surface area contributed by atoms with Gasteiger partial charge in [-0.3, -0.25) is 14.4 Å². The zero-order valence-electron chi connectivity index (χ0n) is 25.1. The average Bonchev–Trinajstić information content (AvgIpc) is 2.99. The number of rotatable bonds is 14. The highest BCUT2D eigenvalue weighted by molar-refractivity contribution is 5.99. The standard InChI is InChI=1S/C33H45N3O5/c1-7-23(5)31(32(38)22(3)4)35-33(39)25-12-9-11-24(17-25)27-13-10-16-36(21-27)30(37)20-34-19-26-14-15-28(40-6)18-29(26)41-8-2/h9,11-12,14-15,17-18,22,27,31,34H,5,7-8,10,13,16,19-21H2,1-4,6H3,(H,35,39). The van der Waals surface area contributed by atoms with Crippen molar-refractivity contribution < 1.29 is 23.9 Å². The number of likely N-dealkylation sites (tertiary alicyclic amines) is 1. The van der Waals surface area contributed by atoms with E-state index in [9.17, 15) is 14.4 Å². The van der Waals surface area contributed by atoms with Crippen LogP contribution in [0.15, 0.2) is 54.6 Å². The van der Waals surface area contributed by atoms with Crippen LogP contribution in [-0.4, -0.2) is 61.9 Å². The SMILES string of the molecule is C=C(CC)C(NC(=O)c1cccc(C2CCCN(C(=O)CNCc3ccc(OC)cc3OCC)C2)c1)C(=O)C(C)C. The summed E-state index contributed by atoms with van der Waals surface area (Å²) in [5.74, 6) is 1.10. The van der Waals surface area contributed by atoms with Gasteiger partial charge in [-0.2, -0.15) is 0 Å². The van der Waals surface area contributed by atoms with Crippen molar-refractivity contribution in [3.63, 3.8) is 0 Å². The molecule has 8 nitrogen and oxygen atoms in total. The molecule has 3 rings (SSSR count). The number of piperidine rings is 1. The Morgan fingerprint density at radius 2 is 1.90 bits per heavy atom. The van der Waals surface area contributed by atoms with Crippen molar-refractivity contribution in [2.24, 2.45) is 5.92 Å². The number of carbonyl (C=O) groups excluding carboxylic acids is 3. The molecule has 0 aromatic heterocycles. The average molecular weight is 564 g/mol. The van der Waals surface area contributed by atoms with Crippen LogP contribution < -0.4 is 20.1 Å². The molecule has 2 N–H and O–H groups in total. The summed E-state index contributed by atoms with van der Waals surface area (Å²) in [6, 6.07) is 12.5. The predicted molar refractivity (Wildman–Crippen MR) is 161 cm³/mol. The maximum absolute atomic E-state index is 13.2. The number of hydrogen-bond donors (Lipinski definition) is 2. The van der Waals surface area contributed by atoms with Crippen molar-refractivity contribution in [3.05, 3.63) is 71.3 Å². The Balaban J connectivity index is 1.61. The maximum Gasteiger partial charge on any atom is 0.252 e. The molecule has 1 heterocycles. The van der Waals surface area contributed by atoms with E-state index in [1.807, 2.05) is 69.0 Å². The third-order valence-corrected chi connectivity index (χ3v) is 7.55. The van der Waals surface area contributed by atoms with Crippen LogP contribution in [0.25, 0.3) is 0 Å². The molecule has 0 spiro atoms. The summed E-state index contributed by atoms with van der Waals surface area (Å²) in [7, 11) is 1.62. The quantitative estimate of drug-likeness (QED) is 0.318. The summed E-state index contributed by atoms with van der Waals surface area (Å²) in [4.78, 5) is 40.9. The maximum atomic E-state index is 13.2. The molecule has 2 aromatic carbocycles. The summed E-state index contributed by atoms with van der Waals surface area (Å²) < 4.78 is 11.0. The first kappa shape index (κ1) is 31.9. The van der Waals surface area contributed by atoms with Gasteiger partial charge in [0.1, 0.15) is 17.5 Å². The van der Waals surface area contributed by atoms with E-state index in [1.165, 1.54) is 0 Å². The number of amides is 2. The van der Waals surface area contributed by atoms with Gasteiger partial charge < -0.3 is 25.0 Å². The first-order chi connectivity index (χ1) is 19.7. The molecule has 8 heteroatoms. The van der Waals surface area contributed by atoms with Gasteiger partial charge >= 0.3 is 0 Å². The molecule has 2 aromatic rings. The van der Waals surface area contributed by atoms with Crippen LogP contribution in [-0.2, 0) is 16.1 Å². The molecule has 222 valence electrons. The van der Waals surface area contributed by atoms with Gasteiger partial charge in [0, 0.05) is 48.7 Å². The number of ether oxygens (including phenoxy) is 2. The molecule has 0 radical (unpaired) electrons. The van der Waals surface area contributed by atoms with Crippen molar-refractivity contribution in [1.29, 1.82) is 0 Å². The molecule has 41 heavy (non-hydrogen) atoms. The summed E-state index contributed by atoms with van der Waals surface area (Å²) in [5.41, 5.74) is 3.18. The second-order valence-corrected chi connectivity index (χ2v) is 10.8. The third kappa shape index (κ3) is 8.67. The van der Waals surface area contributed by atoms with Gasteiger partial charge in [-0.15, -0.1) is 0 Å². The molecule has 0 aliphatic carbocycles. The Bertz CT molecular complexity index is 1230. The van der Waals surface area contributed by atoms with E-state index in [1.54, 1.807) is 13.2 Å². The second kappa shape index (κ2) is 15.4. The summed E-state index contributed by atoms with van der Waals surface area (Å²) >= 11 is 0. The zero-order valence-corrected chi connectivity index (χ0v) is 25.1. The van der Waals surface area contributed by atoms with Crippen LogP contribution >= 0.6 is 0 Å². The van der Waals surface area contributed by atoms with Gasteiger partial charge in [-0.05, 0) is 55.5 Å². The summed E-state index contributed by atoms with van der Waals surface area (Å²) in [5, 5.41) is 6.16. The van der Waals surface area contributed by atoms with Gasteiger partial charge in [-0.1, -0.05) is 45.5 Å². The van der Waals surface area contributed by atoms with Crippen LogP contribution in [0.1, 0.15) is 74.4 Å². The zero-order chi connectivity index (χ0) is 29.9. The van der Waals surface area contributed by atoms with Gasteiger partial charge in [-0.25, -0.2) is 0 Å². The molecule has 2 amide bonds. The highest BCUT2D eigenvalue weighted by Gasteiger charge is 2.27. The van der Waals surface area contributed by atoms with Crippen LogP contribution in [0, 0.1) is 5.92 Å². The van der Waals surface area contributed by atoms with Crippen molar-refractivity contribution in [2.75, 3.05) is 33.4 Å². The summed E-state index contributed by atoms with van der Waals surface area (Å²) in [6.07, 6.45) is 2.44. The lowest BCUT2D eigenvalue weighted by Crippen LogP contribution is -2.44. The van der Waals surface area contributed by atoms with Gasteiger partial charge in [0.15, 0.2) is 5.78 Å². The first-order valence-electron chi connectivity index (χ1n) is 14.6. The van der Waals surface area contributed by atoms with E-state index in [0.717, 1.165) is 35.5 Å². The van der Waals surface area contributed by atoms with Crippen molar-refractivity contribution in [1.82, 2.24) is 15.5 Å². The Labute approximate surface area is 244 Å². The molecule has 2 atom stereocenters. The molecule has 2 unspecified atom stereocenters. The number of nitrogens with zero attached hydrogens (tertiary/aromatic N) is 1. The molecule has 1 aliphatic rings. The fraction of sp³-hybridized carbons (Fsp3) is 0.485. The van der Waals surface area contributed by atoms with E-state index in [2.05, 4.69) is 17.2 Å². The molecular weight excluding hydrogens is 518 g/mol. The van der Waals surface area contributed by atoms with Crippen molar-refractivity contribution >= 4 is 17.6 Å². The van der Waals surface area contributed by atoms with E-state index >= 15 is 0 Å². The Morgan fingerprint density at radius 1 is 1.12 bits per heavy atom. The fourth-order valence-corrected chi connectivity index (χ4v) is 5.05. The lowest BCUT2D eigenvalue weighted by molar-refractivity contribution is -0.131. The molecule has 1 fully saturated rings. The summed E-state index contributed by atoms with van der Waals surface area (Å²) in [6.45, 7) is 14.1. The molecule has 0 bridgehead atoms. The molecule has 1 aliphatic heterocycles. The number of benzene rings is 2. The van der Waals surface area contributed by atoms with E-state index < -0.39 is 6.04 Å². The van der Waals surface area contributed by atoms with Gasteiger partial charge in [0.25, 0.3) is 5.91 Å². The monoisotopic (exact) mass is 563 g/mol. The van der Waals surface area contributed by atoms with Crippen molar-refractivity contribution in [3.8, 4) is 11.5 Å². The Morgan fingerprint density at radius 3 is 2.59 bits per heavy atom. The van der Waals surface area contributed by atoms with Gasteiger partial charge in [0.05, 0.1) is 20.3 Å². The normalized spacial score (nSPS) is 15.8. The number of hydrogen-bond acceptors (Lipinski definition) is 6. The molecule has 1 saturated heterocycles. The second-order valence-electron chi connectivity index (χ2n) is 10.8. The van der Waals surface area contributed by atoms with E-state index in [4.69, 9.17) is 9.47 Å². The fourth-order valence-electron chi connectivity index (χ4n) is 5.05. The number of ketones is 1. The third-order valence-electron chi connectivity index (χ3n) is 7.55. The van der Waals surface area contributed by atoms with Crippen molar-refractivity contribution in [2.45, 2.75) is 65.5 Å². The van der Waals surface area contributed by atoms with Crippen LogP contribution in [0.3, 0.4) is 0 Å². The highest BCUT2D eigenvalue weighted by atomic mass is 16.5. The molecular formula is C33H45N3O5. The van der Waals surface area contributed by atoms with E-state index in [-0.39, 0.29) is 36.0 Å². The topological polar surface area (TPSA) is 97.0 Å². The van der Waals surface area contributed by atoms with E-state index in [0.29, 0.717) is 43.8 Å². The minimum atomic E-state index is -0.700. The first-order valence-corrected chi connectivity index (χ1v) is 14.6.